The predicted octanol–water partition coefficient (Wildman–Crippen LogP) is 2.65. The molecule has 3 rings (SSSR count). The zero-order valence-corrected chi connectivity index (χ0v) is 14.2. The summed E-state index contributed by atoms with van der Waals surface area (Å²) < 4.78 is 13.2. The summed E-state index contributed by atoms with van der Waals surface area (Å²) in [6.45, 7) is 1.51. The molecule has 0 radical (unpaired) electrons. The molecule has 0 atom stereocenters. The van der Waals surface area contributed by atoms with Crippen molar-refractivity contribution in [1.82, 2.24) is 20.6 Å². The lowest BCUT2D eigenvalue weighted by Gasteiger charge is -2.11. The SMILES string of the molecule is CN=C(NCCc1ccccn1)NCCc1c[nH]c2cc(F)ccc12. The summed E-state index contributed by atoms with van der Waals surface area (Å²) in [6.07, 6.45) is 5.40. The molecule has 0 aliphatic heterocycles. The average molecular weight is 339 g/mol. The lowest BCUT2D eigenvalue weighted by atomic mass is 10.1. The van der Waals surface area contributed by atoms with E-state index in [0.29, 0.717) is 0 Å². The number of rotatable bonds is 6. The van der Waals surface area contributed by atoms with Gasteiger partial charge >= 0.3 is 0 Å². The number of aliphatic imine (C=N–C) groups is 1. The second-order valence-corrected chi connectivity index (χ2v) is 5.75. The highest BCUT2D eigenvalue weighted by molar-refractivity contribution is 5.83. The van der Waals surface area contributed by atoms with E-state index in [1.165, 1.54) is 12.1 Å². The van der Waals surface area contributed by atoms with Gasteiger partial charge in [-0.25, -0.2) is 4.39 Å². The number of H-pyrrole nitrogens is 1. The third-order valence-corrected chi connectivity index (χ3v) is 4.04. The van der Waals surface area contributed by atoms with Crippen LogP contribution in [0.3, 0.4) is 0 Å². The Balaban J connectivity index is 1.46. The molecule has 0 aliphatic carbocycles. The molecule has 5 nitrogen and oxygen atoms in total. The van der Waals surface area contributed by atoms with Gasteiger partial charge in [0.05, 0.1) is 0 Å². The van der Waals surface area contributed by atoms with Crippen molar-refractivity contribution < 1.29 is 4.39 Å². The molecule has 3 N–H and O–H groups in total. The highest BCUT2D eigenvalue weighted by Crippen LogP contribution is 2.19. The van der Waals surface area contributed by atoms with E-state index in [1.54, 1.807) is 13.2 Å². The molecule has 25 heavy (non-hydrogen) atoms. The summed E-state index contributed by atoms with van der Waals surface area (Å²) in [5.41, 5.74) is 3.04. The third-order valence-electron chi connectivity index (χ3n) is 4.04. The molecule has 0 aliphatic rings. The number of hydrogen-bond acceptors (Lipinski definition) is 2. The number of aromatic nitrogens is 2. The Bertz CT molecular complexity index is 841. The quantitative estimate of drug-likeness (QED) is 0.478. The van der Waals surface area contributed by atoms with Crippen molar-refractivity contribution in [1.29, 1.82) is 0 Å². The summed E-state index contributed by atoms with van der Waals surface area (Å²) in [7, 11) is 1.75. The second-order valence-electron chi connectivity index (χ2n) is 5.75. The van der Waals surface area contributed by atoms with Crippen LogP contribution in [0.25, 0.3) is 10.9 Å². The average Bonchev–Trinajstić information content (AvgIpc) is 3.03. The first-order chi connectivity index (χ1) is 12.3. The van der Waals surface area contributed by atoms with Gasteiger partial charge in [-0.3, -0.25) is 9.98 Å². The van der Waals surface area contributed by atoms with Crippen molar-refractivity contribution in [3.8, 4) is 0 Å². The van der Waals surface area contributed by atoms with Crippen molar-refractivity contribution in [2.24, 2.45) is 4.99 Å². The van der Waals surface area contributed by atoms with Gasteiger partial charge in [0.25, 0.3) is 0 Å². The molecule has 0 fully saturated rings. The van der Waals surface area contributed by atoms with Crippen LogP contribution >= 0.6 is 0 Å². The Morgan fingerprint density at radius 2 is 2.00 bits per heavy atom. The zero-order chi connectivity index (χ0) is 17.5. The summed E-state index contributed by atoms with van der Waals surface area (Å²) in [4.78, 5) is 11.6. The number of nitrogens with one attached hydrogen (secondary N) is 3. The highest BCUT2D eigenvalue weighted by Gasteiger charge is 2.05. The molecule has 0 saturated carbocycles. The number of hydrogen-bond donors (Lipinski definition) is 3. The minimum Gasteiger partial charge on any atom is -0.361 e. The molecule has 2 aromatic heterocycles. The third kappa shape index (κ3) is 4.56. The Labute approximate surface area is 146 Å². The van der Waals surface area contributed by atoms with E-state index < -0.39 is 0 Å². The Morgan fingerprint density at radius 3 is 2.76 bits per heavy atom. The molecular weight excluding hydrogens is 317 g/mol. The zero-order valence-electron chi connectivity index (χ0n) is 14.2. The monoisotopic (exact) mass is 339 g/mol. The van der Waals surface area contributed by atoms with Crippen molar-refractivity contribution in [2.45, 2.75) is 12.8 Å². The molecular formula is C19H22FN5. The lowest BCUT2D eigenvalue weighted by molar-refractivity contribution is 0.629. The minimum absolute atomic E-state index is 0.225. The van der Waals surface area contributed by atoms with Crippen molar-refractivity contribution in [3.63, 3.8) is 0 Å². The number of nitrogens with zero attached hydrogens (tertiary/aromatic N) is 2. The lowest BCUT2D eigenvalue weighted by Crippen LogP contribution is -2.39. The number of halogens is 1. The van der Waals surface area contributed by atoms with Crippen LogP contribution in [0.1, 0.15) is 11.3 Å². The first-order valence-electron chi connectivity index (χ1n) is 8.36. The Hall–Kier alpha value is -2.89. The standard InChI is InChI=1S/C19H22FN5/c1-21-19(24-11-8-16-4-2-3-9-22-16)23-10-7-14-13-25-18-12-15(20)5-6-17(14)18/h2-6,9,12-13,25H,7-8,10-11H2,1H3,(H2,21,23,24). The second kappa shape index (κ2) is 8.28. The van der Waals surface area contributed by atoms with Crippen molar-refractivity contribution >= 4 is 16.9 Å². The first-order valence-corrected chi connectivity index (χ1v) is 8.36. The number of aromatic amines is 1. The smallest absolute Gasteiger partial charge is 0.190 e. The van der Waals surface area contributed by atoms with Crippen molar-refractivity contribution in [2.75, 3.05) is 20.1 Å². The van der Waals surface area contributed by atoms with Gasteiger partial charge in [-0.15, -0.1) is 0 Å². The van der Waals surface area contributed by atoms with Crippen LogP contribution in [0.4, 0.5) is 4.39 Å². The topological polar surface area (TPSA) is 65.1 Å². The maximum absolute atomic E-state index is 13.2. The molecule has 6 heteroatoms. The highest BCUT2D eigenvalue weighted by atomic mass is 19.1. The number of guanidine groups is 1. The van der Waals surface area contributed by atoms with Gasteiger partial charge in [-0.05, 0) is 42.3 Å². The molecule has 130 valence electrons. The molecule has 0 saturated heterocycles. The maximum Gasteiger partial charge on any atom is 0.190 e. The molecule has 0 spiro atoms. The molecule has 1 aromatic carbocycles. The van der Waals surface area contributed by atoms with E-state index in [9.17, 15) is 4.39 Å². The fourth-order valence-electron chi connectivity index (χ4n) is 2.76. The van der Waals surface area contributed by atoms with Gasteiger partial charge in [0.1, 0.15) is 5.82 Å². The maximum atomic E-state index is 13.2. The van der Waals surface area contributed by atoms with E-state index in [4.69, 9.17) is 0 Å². The van der Waals surface area contributed by atoms with E-state index in [0.717, 1.165) is 54.1 Å². The summed E-state index contributed by atoms with van der Waals surface area (Å²) in [5, 5.41) is 7.64. The normalized spacial score (nSPS) is 11.7. The van der Waals surface area contributed by atoms with Crippen LogP contribution in [0.15, 0.2) is 53.8 Å². The predicted molar refractivity (Wildman–Crippen MR) is 99.3 cm³/mol. The molecule has 0 unspecified atom stereocenters. The molecule has 3 aromatic rings. The first kappa shape index (κ1) is 17.0. The van der Waals surface area contributed by atoms with Crippen LogP contribution in [0.5, 0.6) is 0 Å². The number of benzene rings is 1. The van der Waals surface area contributed by atoms with Crippen LogP contribution in [-0.2, 0) is 12.8 Å². The van der Waals surface area contributed by atoms with Gasteiger partial charge in [-0.1, -0.05) is 6.07 Å². The van der Waals surface area contributed by atoms with Crippen molar-refractivity contribution in [3.05, 3.63) is 65.9 Å². The minimum atomic E-state index is -0.225. The summed E-state index contributed by atoms with van der Waals surface area (Å²) >= 11 is 0. The Kier molecular flexibility index (Phi) is 5.61. The van der Waals surface area contributed by atoms with Gasteiger partial charge in [0, 0.05) is 55.5 Å². The van der Waals surface area contributed by atoms with E-state index >= 15 is 0 Å². The van der Waals surface area contributed by atoms with Gasteiger partial charge in [-0.2, -0.15) is 0 Å². The summed E-state index contributed by atoms with van der Waals surface area (Å²) in [5.74, 6) is 0.540. The van der Waals surface area contributed by atoms with Crippen LogP contribution in [0.2, 0.25) is 0 Å². The van der Waals surface area contributed by atoms with Gasteiger partial charge in [0.2, 0.25) is 0 Å². The number of pyridine rings is 1. The van der Waals surface area contributed by atoms with E-state index in [-0.39, 0.29) is 5.82 Å². The van der Waals surface area contributed by atoms with Gasteiger partial charge in [0.15, 0.2) is 5.96 Å². The van der Waals surface area contributed by atoms with Gasteiger partial charge < -0.3 is 15.6 Å². The number of fused-ring (bicyclic) bond motifs is 1. The fourth-order valence-corrected chi connectivity index (χ4v) is 2.76. The van der Waals surface area contributed by atoms with E-state index in [2.05, 4.69) is 25.6 Å². The van der Waals surface area contributed by atoms with Crippen LogP contribution in [0, 0.1) is 5.82 Å². The molecule has 0 amide bonds. The fraction of sp³-hybridized carbons (Fsp3) is 0.263. The van der Waals surface area contributed by atoms with Crippen LogP contribution in [-0.4, -0.2) is 36.1 Å². The Morgan fingerprint density at radius 1 is 1.16 bits per heavy atom. The van der Waals surface area contributed by atoms with E-state index in [1.807, 2.05) is 30.5 Å². The largest absolute Gasteiger partial charge is 0.361 e. The van der Waals surface area contributed by atoms with Crippen LogP contribution < -0.4 is 10.6 Å². The summed E-state index contributed by atoms with van der Waals surface area (Å²) in [6, 6.07) is 10.7. The molecule has 2 heterocycles. The molecule has 0 bridgehead atoms.